The van der Waals surface area contributed by atoms with E-state index in [4.69, 9.17) is 4.42 Å². The minimum Gasteiger partial charge on any atom is -0.456 e. The van der Waals surface area contributed by atoms with E-state index in [1.165, 1.54) is 55.4 Å². The Morgan fingerprint density at radius 3 is 1.59 bits per heavy atom. The van der Waals surface area contributed by atoms with Crippen molar-refractivity contribution >= 4 is 49.8 Å². The van der Waals surface area contributed by atoms with Crippen LogP contribution in [0.15, 0.2) is 186 Å². The van der Waals surface area contributed by atoms with Gasteiger partial charge in [-0.15, -0.1) is 0 Å². The van der Waals surface area contributed by atoms with E-state index < -0.39 is 0 Å². The lowest BCUT2D eigenvalue weighted by Crippen LogP contribution is -2.17. The predicted molar refractivity (Wildman–Crippen MR) is 231 cm³/mol. The summed E-state index contributed by atoms with van der Waals surface area (Å²) in [5.41, 5.74) is 14.6. The van der Waals surface area contributed by atoms with E-state index in [1.807, 2.05) is 48.5 Å². The van der Waals surface area contributed by atoms with Gasteiger partial charge in [-0.25, -0.2) is 0 Å². The number of furan rings is 1. The summed E-state index contributed by atoms with van der Waals surface area (Å²) in [4.78, 5) is 2.41. The average Bonchev–Trinajstić information content (AvgIpc) is 3.68. The van der Waals surface area contributed by atoms with Crippen LogP contribution in [0.4, 0.5) is 17.1 Å². The quantitative estimate of drug-likeness (QED) is 0.183. The van der Waals surface area contributed by atoms with Gasteiger partial charge >= 0.3 is 0 Å². The van der Waals surface area contributed by atoms with Crippen LogP contribution < -0.4 is 4.90 Å². The maximum absolute atomic E-state index is 6.18. The normalized spacial score (nSPS) is 12.3. The average molecular weight is 700 g/mol. The third-order valence-electron chi connectivity index (χ3n) is 10.6. The monoisotopic (exact) mass is 699 g/mol. The predicted octanol–water partition coefficient (Wildman–Crippen LogP) is 14.8. The second kappa shape index (κ2) is 14.6. The molecule has 0 saturated carbocycles. The summed E-state index contributed by atoms with van der Waals surface area (Å²) in [6, 6.07) is 64.4. The molecule has 1 heterocycles. The summed E-state index contributed by atoms with van der Waals surface area (Å²) in [6.07, 6.45) is 0. The molecule has 1 aromatic heterocycles. The number of hydrogen-bond acceptors (Lipinski definition) is 2. The largest absolute Gasteiger partial charge is 0.456 e. The highest BCUT2D eigenvalue weighted by Gasteiger charge is 2.38. The Morgan fingerprint density at radius 1 is 0.407 bits per heavy atom. The minimum absolute atomic E-state index is 0.109. The second-order valence-electron chi connectivity index (χ2n) is 14.8. The zero-order chi connectivity index (χ0) is 37.2. The summed E-state index contributed by atoms with van der Waals surface area (Å²) < 4.78 is 6.18. The van der Waals surface area contributed by atoms with E-state index in [-0.39, 0.29) is 5.41 Å². The van der Waals surface area contributed by atoms with Gasteiger partial charge in [0.1, 0.15) is 11.2 Å². The van der Waals surface area contributed by atoms with Gasteiger partial charge in [0, 0.05) is 32.9 Å². The van der Waals surface area contributed by atoms with Crippen LogP contribution >= 0.6 is 0 Å². The Morgan fingerprint density at radius 2 is 0.963 bits per heavy atom. The molecule has 9 aromatic rings. The molecule has 0 aliphatic heterocycles. The van der Waals surface area contributed by atoms with Crippen LogP contribution in [0.2, 0.25) is 0 Å². The Balaban J connectivity index is 0.000000248. The van der Waals surface area contributed by atoms with Crippen molar-refractivity contribution in [2.45, 2.75) is 40.0 Å². The third-order valence-corrected chi connectivity index (χ3v) is 10.6. The first-order valence-corrected chi connectivity index (χ1v) is 18.8. The summed E-state index contributed by atoms with van der Waals surface area (Å²) >= 11 is 0. The van der Waals surface area contributed by atoms with Gasteiger partial charge in [-0.3, -0.25) is 0 Å². The van der Waals surface area contributed by atoms with Crippen LogP contribution in [0, 0.1) is 20.8 Å². The minimum atomic E-state index is -0.109. The van der Waals surface area contributed by atoms with Gasteiger partial charge in [0.05, 0.1) is 5.69 Å². The number of para-hydroxylation sites is 2. The molecule has 0 atom stereocenters. The van der Waals surface area contributed by atoms with Gasteiger partial charge in [-0.05, 0) is 90.9 Å². The molecule has 1 aliphatic carbocycles. The van der Waals surface area contributed by atoms with Crippen LogP contribution in [-0.4, -0.2) is 0 Å². The maximum atomic E-state index is 6.18. The summed E-state index contributed by atoms with van der Waals surface area (Å²) in [6.45, 7) is 11.1. The van der Waals surface area contributed by atoms with Crippen LogP contribution in [0.1, 0.15) is 41.7 Å². The van der Waals surface area contributed by atoms with Crippen LogP contribution in [0.3, 0.4) is 0 Å². The number of fused-ring (bicyclic) bond motifs is 8. The summed E-state index contributed by atoms with van der Waals surface area (Å²) in [5, 5.41) is 4.80. The SMILES string of the molecule is Cc1ccc2c(c1)C(C)(C)c1cc(N(c3ccccc3)c3ccc4oc5ccccc5c4c3)c3ccccc3c1-2.Cc1ccccc1.Cc1ccccc1. The van der Waals surface area contributed by atoms with Gasteiger partial charge < -0.3 is 9.32 Å². The topological polar surface area (TPSA) is 16.4 Å². The molecule has 0 N–H and O–H groups in total. The summed E-state index contributed by atoms with van der Waals surface area (Å²) in [7, 11) is 0. The van der Waals surface area contributed by atoms with Gasteiger partial charge in [-0.1, -0.05) is 170 Å². The molecule has 0 saturated heterocycles. The fraction of sp³-hybridized carbons (Fsp3) is 0.115. The number of nitrogens with zero attached hydrogens (tertiary/aromatic N) is 1. The lowest BCUT2D eigenvalue weighted by Gasteiger charge is -2.30. The number of benzene rings is 8. The maximum Gasteiger partial charge on any atom is 0.135 e. The van der Waals surface area contributed by atoms with Crippen molar-refractivity contribution < 1.29 is 4.42 Å². The highest BCUT2D eigenvalue weighted by molar-refractivity contribution is 6.11. The Bertz CT molecular complexity index is 2670. The molecule has 0 amide bonds. The number of aryl methyl sites for hydroxylation is 3. The highest BCUT2D eigenvalue weighted by Crippen LogP contribution is 2.54. The second-order valence-corrected chi connectivity index (χ2v) is 14.8. The smallest absolute Gasteiger partial charge is 0.135 e. The third kappa shape index (κ3) is 6.57. The molecule has 10 rings (SSSR count). The van der Waals surface area contributed by atoms with Gasteiger partial charge in [0.2, 0.25) is 0 Å². The van der Waals surface area contributed by atoms with Gasteiger partial charge in [0.15, 0.2) is 0 Å². The first-order valence-electron chi connectivity index (χ1n) is 18.8. The van der Waals surface area contributed by atoms with Crippen molar-refractivity contribution in [2.24, 2.45) is 0 Å². The molecule has 0 unspecified atom stereocenters. The Kier molecular flexibility index (Phi) is 9.36. The molecule has 8 aromatic carbocycles. The molecule has 0 bridgehead atoms. The molecule has 54 heavy (non-hydrogen) atoms. The first-order chi connectivity index (χ1) is 26.3. The standard InChI is InChI=1S/C38H29NO.2C7H8/c1-24-17-19-30-32(21-24)38(2,3)33-23-34(27-13-7-8-15-29(27)37(30)33)39(25-11-5-4-6-12-25)26-18-20-36-31(22-26)28-14-9-10-16-35(28)40-36;2*1-7-5-3-2-4-6-7/h4-23H,1-3H3;2*2-6H,1H3. The molecule has 1 aliphatic rings. The van der Waals surface area contributed by atoms with Crippen LogP contribution in [-0.2, 0) is 5.41 Å². The van der Waals surface area contributed by atoms with E-state index in [1.54, 1.807) is 0 Å². The Hall–Kier alpha value is -6.38. The van der Waals surface area contributed by atoms with Crippen molar-refractivity contribution in [2.75, 3.05) is 4.90 Å². The summed E-state index contributed by atoms with van der Waals surface area (Å²) in [5.74, 6) is 0. The van der Waals surface area contributed by atoms with Crippen molar-refractivity contribution in [1.82, 2.24) is 0 Å². The van der Waals surface area contributed by atoms with Crippen molar-refractivity contribution in [1.29, 1.82) is 0 Å². The molecule has 0 spiro atoms. The zero-order valence-electron chi connectivity index (χ0n) is 31.7. The molecule has 264 valence electrons. The van der Waals surface area contributed by atoms with E-state index in [0.29, 0.717) is 0 Å². The number of anilines is 3. The molecule has 2 nitrogen and oxygen atoms in total. The fourth-order valence-corrected chi connectivity index (χ4v) is 7.79. The number of hydrogen-bond donors (Lipinski definition) is 0. The van der Waals surface area contributed by atoms with Crippen molar-refractivity contribution in [3.63, 3.8) is 0 Å². The van der Waals surface area contributed by atoms with Crippen LogP contribution in [0.5, 0.6) is 0 Å². The molecule has 0 radical (unpaired) electrons. The molecular formula is C52H45NO. The molecule has 2 heteroatoms. The Labute approximate surface area is 319 Å². The lowest BCUT2D eigenvalue weighted by molar-refractivity contribution is 0.660. The van der Waals surface area contributed by atoms with Crippen molar-refractivity contribution in [3.05, 3.63) is 210 Å². The van der Waals surface area contributed by atoms with E-state index in [0.717, 1.165) is 33.3 Å². The van der Waals surface area contributed by atoms with Crippen molar-refractivity contribution in [3.8, 4) is 11.1 Å². The highest BCUT2D eigenvalue weighted by atomic mass is 16.3. The zero-order valence-corrected chi connectivity index (χ0v) is 31.7. The first kappa shape index (κ1) is 34.7. The lowest BCUT2D eigenvalue weighted by atomic mass is 9.81. The van der Waals surface area contributed by atoms with Gasteiger partial charge in [0.25, 0.3) is 0 Å². The van der Waals surface area contributed by atoms with Gasteiger partial charge in [-0.2, -0.15) is 0 Å². The van der Waals surface area contributed by atoms with Crippen LogP contribution in [0.25, 0.3) is 43.8 Å². The molecule has 0 fully saturated rings. The van der Waals surface area contributed by atoms with E-state index >= 15 is 0 Å². The van der Waals surface area contributed by atoms with E-state index in [9.17, 15) is 0 Å². The fourth-order valence-electron chi connectivity index (χ4n) is 7.79. The molecular weight excluding hydrogens is 655 g/mol. The number of rotatable bonds is 3. The van der Waals surface area contributed by atoms with E-state index in [2.05, 4.69) is 173 Å².